The van der Waals surface area contributed by atoms with Gasteiger partial charge in [0.05, 0.1) is 11.5 Å². The topological polar surface area (TPSA) is 66.9 Å². The van der Waals surface area contributed by atoms with Gasteiger partial charge in [-0.2, -0.15) is 4.31 Å². The van der Waals surface area contributed by atoms with Gasteiger partial charge in [-0.3, -0.25) is 0 Å². The summed E-state index contributed by atoms with van der Waals surface area (Å²) in [5, 5.41) is 0. The summed E-state index contributed by atoms with van der Waals surface area (Å²) >= 11 is 0. The van der Waals surface area contributed by atoms with Crippen LogP contribution in [0.3, 0.4) is 0 Å². The van der Waals surface area contributed by atoms with Crippen LogP contribution in [0.25, 0.3) is 0 Å². The van der Waals surface area contributed by atoms with Gasteiger partial charge in [-0.25, -0.2) is 17.6 Å². The molecular formula is C14H19FN2O4S. The highest BCUT2D eigenvalue weighted by Crippen LogP contribution is 2.22. The van der Waals surface area contributed by atoms with Crippen LogP contribution >= 0.6 is 0 Å². The molecule has 1 aromatic rings. The van der Waals surface area contributed by atoms with Crippen LogP contribution in [-0.4, -0.2) is 56.5 Å². The molecule has 8 heteroatoms. The van der Waals surface area contributed by atoms with Crippen molar-refractivity contribution >= 4 is 16.1 Å². The molecule has 0 bridgehead atoms. The highest BCUT2D eigenvalue weighted by molar-refractivity contribution is 7.89. The van der Waals surface area contributed by atoms with E-state index in [9.17, 15) is 17.6 Å². The van der Waals surface area contributed by atoms with E-state index >= 15 is 0 Å². The van der Waals surface area contributed by atoms with Crippen molar-refractivity contribution in [2.24, 2.45) is 0 Å². The van der Waals surface area contributed by atoms with E-state index in [1.165, 1.54) is 21.3 Å². The van der Waals surface area contributed by atoms with E-state index < -0.39 is 21.9 Å². The molecule has 0 saturated carbocycles. The van der Waals surface area contributed by atoms with Gasteiger partial charge in [0.1, 0.15) is 5.82 Å². The predicted molar refractivity (Wildman–Crippen MR) is 78.5 cm³/mol. The summed E-state index contributed by atoms with van der Waals surface area (Å²) in [5.74, 6) is -0.589. The summed E-state index contributed by atoms with van der Waals surface area (Å²) in [7, 11) is -3.76. The monoisotopic (exact) mass is 330 g/mol. The number of sulfonamides is 1. The Labute approximate surface area is 129 Å². The van der Waals surface area contributed by atoms with E-state index in [-0.39, 0.29) is 37.7 Å². The lowest BCUT2D eigenvalue weighted by molar-refractivity contribution is 0.0934. The first-order valence-electron chi connectivity index (χ1n) is 7.04. The number of benzene rings is 1. The predicted octanol–water partition coefficient (Wildman–Crippen LogP) is 1.60. The first-order chi connectivity index (χ1) is 10.4. The zero-order valence-corrected chi connectivity index (χ0v) is 13.4. The second-order valence-electron chi connectivity index (χ2n) is 5.00. The molecule has 0 atom stereocenters. The van der Waals surface area contributed by atoms with E-state index in [2.05, 4.69) is 0 Å². The zero-order valence-electron chi connectivity index (χ0n) is 12.6. The summed E-state index contributed by atoms with van der Waals surface area (Å²) in [6.07, 6.45) is -0.443. The Kier molecular flexibility index (Phi) is 5.02. The third kappa shape index (κ3) is 3.38. The van der Waals surface area contributed by atoms with Crippen molar-refractivity contribution in [3.8, 4) is 0 Å². The first kappa shape index (κ1) is 16.7. The van der Waals surface area contributed by atoms with Gasteiger partial charge in [0.2, 0.25) is 10.0 Å². The summed E-state index contributed by atoms with van der Waals surface area (Å²) in [4.78, 5) is 13.0. The highest BCUT2D eigenvalue weighted by atomic mass is 32.2. The molecule has 0 N–H and O–H groups in total. The molecule has 0 aromatic heterocycles. The van der Waals surface area contributed by atoms with Gasteiger partial charge in [0.15, 0.2) is 0 Å². The number of amides is 1. The summed E-state index contributed by atoms with van der Waals surface area (Å²) < 4.78 is 44.7. The van der Waals surface area contributed by atoms with E-state index in [1.54, 1.807) is 13.8 Å². The van der Waals surface area contributed by atoms with Crippen LogP contribution in [0.1, 0.15) is 12.5 Å². The van der Waals surface area contributed by atoms with Crippen molar-refractivity contribution in [2.45, 2.75) is 18.7 Å². The Balaban J connectivity index is 2.13. The van der Waals surface area contributed by atoms with E-state index in [4.69, 9.17) is 4.74 Å². The van der Waals surface area contributed by atoms with Crippen molar-refractivity contribution in [3.63, 3.8) is 0 Å². The molecule has 2 rings (SSSR count). The fraction of sp³-hybridized carbons (Fsp3) is 0.500. The second kappa shape index (κ2) is 6.62. The maximum Gasteiger partial charge on any atom is 0.409 e. The maximum absolute atomic E-state index is 13.3. The molecule has 0 aliphatic carbocycles. The van der Waals surface area contributed by atoms with E-state index in [0.717, 1.165) is 6.07 Å². The number of piperazine rings is 1. The van der Waals surface area contributed by atoms with E-state index in [0.29, 0.717) is 5.56 Å². The molecule has 0 unspecified atom stereocenters. The Hall–Kier alpha value is -1.67. The smallest absolute Gasteiger partial charge is 0.409 e. The first-order valence-corrected chi connectivity index (χ1v) is 8.48. The number of hydrogen-bond acceptors (Lipinski definition) is 4. The third-order valence-electron chi connectivity index (χ3n) is 3.53. The molecule has 22 heavy (non-hydrogen) atoms. The van der Waals surface area contributed by atoms with Crippen molar-refractivity contribution in [3.05, 3.63) is 29.6 Å². The molecule has 1 aliphatic heterocycles. The van der Waals surface area contributed by atoms with Gasteiger partial charge in [0.25, 0.3) is 0 Å². The van der Waals surface area contributed by atoms with Crippen LogP contribution < -0.4 is 0 Å². The average Bonchev–Trinajstić information content (AvgIpc) is 2.50. The minimum absolute atomic E-state index is 0.0305. The number of ether oxygens (including phenoxy) is 1. The Morgan fingerprint density at radius 1 is 1.27 bits per heavy atom. The van der Waals surface area contributed by atoms with Crippen LogP contribution in [0.4, 0.5) is 9.18 Å². The SMILES string of the molecule is CCOC(=O)N1CCN(S(=O)(=O)c2cc(F)ccc2C)CC1. The minimum Gasteiger partial charge on any atom is -0.450 e. The number of aryl methyl sites for hydroxylation is 1. The van der Waals surface area contributed by atoms with Crippen LogP contribution in [-0.2, 0) is 14.8 Å². The Morgan fingerprint density at radius 2 is 1.91 bits per heavy atom. The minimum atomic E-state index is -3.76. The van der Waals surface area contributed by atoms with Gasteiger partial charge in [0, 0.05) is 26.2 Å². The number of nitrogens with zero attached hydrogens (tertiary/aromatic N) is 2. The number of carbonyl (C=O) groups is 1. The van der Waals surface area contributed by atoms with Crippen molar-refractivity contribution in [2.75, 3.05) is 32.8 Å². The molecule has 1 fully saturated rings. The Morgan fingerprint density at radius 3 is 2.50 bits per heavy atom. The lowest BCUT2D eigenvalue weighted by atomic mass is 10.2. The molecule has 6 nitrogen and oxygen atoms in total. The quantitative estimate of drug-likeness (QED) is 0.844. The van der Waals surface area contributed by atoms with Gasteiger partial charge >= 0.3 is 6.09 Å². The van der Waals surface area contributed by atoms with Gasteiger partial charge in [-0.05, 0) is 31.5 Å². The van der Waals surface area contributed by atoms with Crippen LogP contribution in [0, 0.1) is 12.7 Å². The molecule has 0 radical (unpaired) electrons. The molecule has 0 spiro atoms. The number of carbonyl (C=O) groups excluding carboxylic acids is 1. The third-order valence-corrected chi connectivity index (χ3v) is 5.57. The molecule has 1 aromatic carbocycles. The lowest BCUT2D eigenvalue weighted by Gasteiger charge is -2.33. The number of halogens is 1. The fourth-order valence-corrected chi connectivity index (χ4v) is 3.98. The molecule has 122 valence electrons. The fourth-order valence-electron chi connectivity index (χ4n) is 2.32. The maximum atomic E-state index is 13.3. The van der Waals surface area contributed by atoms with Crippen molar-refractivity contribution in [1.29, 1.82) is 0 Å². The largest absolute Gasteiger partial charge is 0.450 e. The van der Waals surface area contributed by atoms with Crippen molar-refractivity contribution < 1.29 is 22.3 Å². The summed E-state index contributed by atoms with van der Waals surface area (Å²) in [6.45, 7) is 4.46. The lowest BCUT2D eigenvalue weighted by Crippen LogP contribution is -2.50. The highest BCUT2D eigenvalue weighted by Gasteiger charge is 2.31. The number of hydrogen-bond donors (Lipinski definition) is 0. The van der Waals surface area contributed by atoms with Crippen molar-refractivity contribution in [1.82, 2.24) is 9.21 Å². The standard InChI is InChI=1S/C14H19FN2O4S/c1-3-21-14(18)16-6-8-17(9-7-16)22(19,20)13-10-12(15)5-4-11(13)2/h4-5,10H,3,6-9H2,1-2H3. The van der Waals surface area contributed by atoms with Gasteiger partial charge in [-0.1, -0.05) is 6.07 Å². The summed E-state index contributed by atoms with van der Waals surface area (Å²) in [6, 6.07) is 3.70. The molecule has 1 amide bonds. The van der Waals surface area contributed by atoms with Gasteiger partial charge in [-0.15, -0.1) is 0 Å². The number of rotatable bonds is 3. The molecule has 1 saturated heterocycles. The molecular weight excluding hydrogens is 311 g/mol. The average molecular weight is 330 g/mol. The Bertz CT molecular complexity index is 655. The second-order valence-corrected chi connectivity index (χ2v) is 6.91. The van der Waals surface area contributed by atoms with E-state index in [1.807, 2.05) is 0 Å². The molecule has 1 heterocycles. The van der Waals surface area contributed by atoms with Crippen LogP contribution in [0.15, 0.2) is 23.1 Å². The molecule has 1 aliphatic rings. The summed E-state index contributed by atoms with van der Waals surface area (Å²) in [5.41, 5.74) is 0.495. The van der Waals surface area contributed by atoms with Crippen LogP contribution in [0.2, 0.25) is 0 Å². The zero-order chi connectivity index (χ0) is 16.3. The van der Waals surface area contributed by atoms with Crippen LogP contribution in [0.5, 0.6) is 0 Å². The van der Waals surface area contributed by atoms with Gasteiger partial charge < -0.3 is 9.64 Å². The normalized spacial score (nSPS) is 16.6.